The van der Waals surface area contributed by atoms with Gasteiger partial charge in [-0.3, -0.25) is 9.79 Å². The van der Waals surface area contributed by atoms with Crippen LogP contribution in [0, 0.1) is 0 Å². The molecular formula is C20H32N4O3. The monoisotopic (exact) mass is 376 g/mol. The average Bonchev–Trinajstić information content (AvgIpc) is 3.18. The van der Waals surface area contributed by atoms with Gasteiger partial charge in [0.15, 0.2) is 17.5 Å². The number of hydrogen-bond donors (Lipinski definition) is 2. The fourth-order valence-electron chi connectivity index (χ4n) is 3.08. The molecule has 0 heterocycles. The highest BCUT2D eigenvalue weighted by molar-refractivity contribution is 5.81. The second-order valence-electron chi connectivity index (χ2n) is 6.86. The van der Waals surface area contributed by atoms with Crippen LogP contribution in [0.25, 0.3) is 0 Å². The van der Waals surface area contributed by atoms with Gasteiger partial charge in [0.05, 0.1) is 13.2 Å². The number of nitrogens with one attached hydrogen (secondary N) is 2. The Morgan fingerprint density at radius 1 is 1.26 bits per heavy atom. The average molecular weight is 377 g/mol. The van der Waals surface area contributed by atoms with Crippen LogP contribution in [-0.4, -0.2) is 57.7 Å². The second kappa shape index (κ2) is 10.6. The molecule has 1 aromatic rings. The lowest BCUT2D eigenvalue weighted by molar-refractivity contribution is -0.128. The zero-order valence-corrected chi connectivity index (χ0v) is 16.9. The predicted molar refractivity (Wildman–Crippen MR) is 107 cm³/mol. The van der Waals surface area contributed by atoms with Gasteiger partial charge in [-0.15, -0.1) is 0 Å². The number of nitrogens with zero attached hydrogens (tertiary/aromatic N) is 2. The number of hydrogen-bond acceptors (Lipinski definition) is 4. The van der Waals surface area contributed by atoms with Gasteiger partial charge in [0, 0.05) is 46.2 Å². The van der Waals surface area contributed by atoms with E-state index in [9.17, 15) is 4.79 Å². The number of carbonyl (C=O) groups excluding carboxylic acids is 1. The van der Waals surface area contributed by atoms with E-state index in [0.29, 0.717) is 25.5 Å². The van der Waals surface area contributed by atoms with Gasteiger partial charge in [-0.1, -0.05) is 12.1 Å². The maximum Gasteiger partial charge on any atom is 0.223 e. The standard InChI is InChI=1S/C20H32N4O3/c1-21-20(22-13-12-18(25)24(2)3)23-14-15-8-7-11-17(26-4)19(15)27-16-9-5-6-10-16/h7-8,11,16H,5-6,9-10,12-14H2,1-4H3,(H2,21,22,23). The number of methoxy groups -OCH3 is 1. The molecule has 7 heteroatoms. The van der Waals surface area contributed by atoms with E-state index in [1.54, 1.807) is 33.2 Å². The van der Waals surface area contributed by atoms with Crippen LogP contribution < -0.4 is 20.1 Å². The summed E-state index contributed by atoms with van der Waals surface area (Å²) in [5, 5.41) is 6.45. The van der Waals surface area contributed by atoms with Crippen molar-refractivity contribution in [3.05, 3.63) is 23.8 Å². The van der Waals surface area contributed by atoms with Gasteiger partial charge < -0.3 is 25.0 Å². The third-order valence-corrected chi connectivity index (χ3v) is 4.67. The van der Waals surface area contributed by atoms with Gasteiger partial charge in [0.2, 0.25) is 5.91 Å². The van der Waals surface area contributed by atoms with Crippen molar-refractivity contribution >= 4 is 11.9 Å². The van der Waals surface area contributed by atoms with Crippen molar-refractivity contribution in [3.63, 3.8) is 0 Å². The van der Waals surface area contributed by atoms with Crippen LogP contribution in [0.2, 0.25) is 0 Å². The number of amides is 1. The third kappa shape index (κ3) is 6.34. The molecule has 0 radical (unpaired) electrons. The summed E-state index contributed by atoms with van der Waals surface area (Å²) in [6.45, 7) is 1.08. The lowest BCUT2D eigenvalue weighted by Gasteiger charge is -2.20. The summed E-state index contributed by atoms with van der Waals surface area (Å²) in [6, 6.07) is 5.92. The molecule has 1 aliphatic rings. The number of para-hydroxylation sites is 1. The molecule has 1 amide bonds. The molecule has 0 saturated heterocycles. The van der Waals surface area contributed by atoms with Gasteiger partial charge in [-0.2, -0.15) is 0 Å². The molecule has 150 valence electrons. The molecule has 0 bridgehead atoms. The third-order valence-electron chi connectivity index (χ3n) is 4.67. The predicted octanol–water partition coefficient (Wildman–Crippen LogP) is 2.16. The molecule has 0 atom stereocenters. The summed E-state index contributed by atoms with van der Waals surface area (Å²) < 4.78 is 11.8. The number of rotatable bonds is 8. The molecule has 1 fully saturated rings. The molecule has 0 spiro atoms. The highest BCUT2D eigenvalue weighted by Gasteiger charge is 2.20. The quantitative estimate of drug-likeness (QED) is 0.537. The SMILES string of the molecule is CN=C(NCCC(=O)N(C)C)NCc1cccc(OC)c1OC1CCCC1. The summed E-state index contributed by atoms with van der Waals surface area (Å²) in [4.78, 5) is 17.5. The Hall–Kier alpha value is -2.44. The Labute approximate surface area is 162 Å². The fourth-order valence-corrected chi connectivity index (χ4v) is 3.08. The first-order valence-corrected chi connectivity index (χ1v) is 9.52. The normalized spacial score (nSPS) is 14.7. The molecule has 2 N–H and O–H groups in total. The molecule has 0 aliphatic heterocycles. The van der Waals surface area contributed by atoms with Gasteiger partial charge in [-0.05, 0) is 31.7 Å². The molecule has 27 heavy (non-hydrogen) atoms. The summed E-state index contributed by atoms with van der Waals surface area (Å²) in [5.41, 5.74) is 1.02. The van der Waals surface area contributed by atoms with Crippen LogP contribution in [0.5, 0.6) is 11.5 Å². The Balaban J connectivity index is 1.95. The van der Waals surface area contributed by atoms with Crippen LogP contribution in [0.4, 0.5) is 0 Å². The van der Waals surface area contributed by atoms with Gasteiger partial charge in [-0.25, -0.2) is 0 Å². The highest BCUT2D eigenvalue weighted by atomic mass is 16.5. The second-order valence-corrected chi connectivity index (χ2v) is 6.86. The molecule has 1 aromatic carbocycles. The molecule has 0 unspecified atom stereocenters. The van der Waals surface area contributed by atoms with E-state index in [-0.39, 0.29) is 12.0 Å². The largest absolute Gasteiger partial charge is 0.493 e. The maximum atomic E-state index is 11.7. The molecule has 7 nitrogen and oxygen atoms in total. The Morgan fingerprint density at radius 2 is 2.00 bits per heavy atom. The number of benzene rings is 1. The van der Waals surface area contributed by atoms with Crippen molar-refractivity contribution in [1.29, 1.82) is 0 Å². The Bertz CT molecular complexity index is 640. The zero-order valence-electron chi connectivity index (χ0n) is 16.9. The van der Waals surface area contributed by atoms with E-state index >= 15 is 0 Å². The zero-order chi connectivity index (χ0) is 19.6. The highest BCUT2D eigenvalue weighted by Crippen LogP contribution is 2.34. The Morgan fingerprint density at radius 3 is 2.63 bits per heavy atom. The number of carbonyl (C=O) groups is 1. The van der Waals surface area contributed by atoms with Crippen LogP contribution in [0.3, 0.4) is 0 Å². The van der Waals surface area contributed by atoms with Crippen molar-refractivity contribution in [2.75, 3.05) is 34.8 Å². The Kier molecular flexibility index (Phi) is 8.23. The van der Waals surface area contributed by atoms with Crippen LogP contribution >= 0.6 is 0 Å². The number of ether oxygens (including phenoxy) is 2. The molecule has 1 aliphatic carbocycles. The van der Waals surface area contributed by atoms with Crippen molar-refractivity contribution < 1.29 is 14.3 Å². The fraction of sp³-hybridized carbons (Fsp3) is 0.600. The van der Waals surface area contributed by atoms with Gasteiger partial charge in [0.1, 0.15) is 0 Å². The molecular weight excluding hydrogens is 344 g/mol. The van der Waals surface area contributed by atoms with Crippen molar-refractivity contribution in [2.45, 2.75) is 44.8 Å². The minimum atomic E-state index is 0.0815. The van der Waals surface area contributed by atoms with E-state index in [0.717, 1.165) is 29.9 Å². The van der Waals surface area contributed by atoms with Crippen LogP contribution in [0.1, 0.15) is 37.7 Å². The minimum absolute atomic E-state index is 0.0815. The summed E-state index contributed by atoms with van der Waals surface area (Å²) in [7, 11) is 6.88. The maximum absolute atomic E-state index is 11.7. The van der Waals surface area contributed by atoms with E-state index in [1.807, 2.05) is 18.2 Å². The summed E-state index contributed by atoms with van der Waals surface area (Å²) in [6.07, 6.45) is 5.30. The topological polar surface area (TPSA) is 75.2 Å². The molecule has 1 saturated carbocycles. The number of aliphatic imine (C=N–C) groups is 1. The first kappa shape index (κ1) is 20.9. The van der Waals surface area contributed by atoms with Gasteiger partial charge >= 0.3 is 0 Å². The van der Waals surface area contributed by atoms with Crippen molar-refractivity contribution in [3.8, 4) is 11.5 Å². The lowest BCUT2D eigenvalue weighted by atomic mass is 10.1. The van der Waals surface area contributed by atoms with Crippen LogP contribution in [0.15, 0.2) is 23.2 Å². The van der Waals surface area contributed by atoms with E-state index in [4.69, 9.17) is 9.47 Å². The van der Waals surface area contributed by atoms with Gasteiger partial charge in [0.25, 0.3) is 0 Å². The smallest absolute Gasteiger partial charge is 0.223 e. The van der Waals surface area contributed by atoms with Crippen molar-refractivity contribution in [1.82, 2.24) is 15.5 Å². The van der Waals surface area contributed by atoms with E-state index in [2.05, 4.69) is 15.6 Å². The molecule has 2 rings (SSSR count). The first-order valence-electron chi connectivity index (χ1n) is 9.52. The van der Waals surface area contributed by atoms with Crippen molar-refractivity contribution in [2.24, 2.45) is 4.99 Å². The summed E-state index contributed by atoms with van der Waals surface area (Å²) in [5.74, 6) is 2.28. The lowest BCUT2D eigenvalue weighted by Crippen LogP contribution is -2.38. The summed E-state index contributed by atoms with van der Waals surface area (Å²) >= 11 is 0. The van der Waals surface area contributed by atoms with Crippen LogP contribution in [-0.2, 0) is 11.3 Å². The van der Waals surface area contributed by atoms with E-state index in [1.165, 1.54) is 12.8 Å². The molecule has 0 aromatic heterocycles. The first-order chi connectivity index (χ1) is 13.0. The minimum Gasteiger partial charge on any atom is -0.493 e. The van der Waals surface area contributed by atoms with E-state index < -0.39 is 0 Å². The number of guanidine groups is 1.